The smallest absolute Gasteiger partial charge is 0.352 e. The van der Waals surface area contributed by atoms with Crippen molar-refractivity contribution in [1.29, 1.82) is 0 Å². The van der Waals surface area contributed by atoms with Crippen molar-refractivity contribution in [1.82, 2.24) is 35.0 Å². The van der Waals surface area contributed by atoms with Crippen LogP contribution in [0.1, 0.15) is 112 Å². The van der Waals surface area contributed by atoms with Crippen molar-refractivity contribution in [2.45, 2.75) is 116 Å². The molecule has 14 heteroatoms. The Morgan fingerprint density at radius 3 is 2.16 bits per heavy atom. The van der Waals surface area contributed by atoms with E-state index < -0.39 is 29.8 Å². The van der Waals surface area contributed by atoms with E-state index >= 15 is 0 Å². The molecular formula is C30H40F5N7O2. The maximum atomic E-state index is 13.0. The summed E-state index contributed by atoms with van der Waals surface area (Å²) in [5.41, 5.74) is 0.257. The molecule has 2 N–H and O–H groups in total. The molecule has 44 heavy (non-hydrogen) atoms. The first-order valence-corrected chi connectivity index (χ1v) is 15.1. The second kappa shape index (κ2) is 14.0. The third-order valence-corrected chi connectivity index (χ3v) is 7.63. The van der Waals surface area contributed by atoms with Crippen LogP contribution in [0, 0.1) is 5.41 Å². The first-order chi connectivity index (χ1) is 20.8. The van der Waals surface area contributed by atoms with E-state index in [9.17, 15) is 31.5 Å². The summed E-state index contributed by atoms with van der Waals surface area (Å²) in [6.07, 6.45) is 6.96. The van der Waals surface area contributed by atoms with Gasteiger partial charge in [-0.05, 0) is 57.2 Å². The van der Waals surface area contributed by atoms with E-state index in [4.69, 9.17) is 0 Å². The number of hydrogen-bond acceptors (Lipinski definition) is 5. The van der Waals surface area contributed by atoms with Crippen molar-refractivity contribution >= 4 is 17.5 Å². The molecule has 0 aromatic carbocycles. The molecule has 0 spiro atoms. The summed E-state index contributed by atoms with van der Waals surface area (Å²) in [5.74, 6) is -3.24. The van der Waals surface area contributed by atoms with Crippen LogP contribution in [-0.4, -0.2) is 48.3 Å². The zero-order valence-corrected chi connectivity index (χ0v) is 25.1. The summed E-state index contributed by atoms with van der Waals surface area (Å²) in [6.45, 7) is 4.08. The molecule has 3 aliphatic carbocycles. The second-order valence-corrected chi connectivity index (χ2v) is 12.0. The van der Waals surface area contributed by atoms with Crippen LogP contribution in [0.5, 0.6) is 0 Å². The third-order valence-electron chi connectivity index (χ3n) is 7.63. The lowest BCUT2D eigenvalue weighted by Crippen LogP contribution is -2.32. The number of alkyl halides is 5. The summed E-state index contributed by atoms with van der Waals surface area (Å²) >= 11 is 0. The minimum absolute atomic E-state index is 0.00929. The summed E-state index contributed by atoms with van der Waals surface area (Å²) in [6, 6.07) is 3.37. The van der Waals surface area contributed by atoms with Gasteiger partial charge in [-0.2, -0.15) is 23.4 Å². The van der Waals surface area contributed by atoms with Crippen LogP contribution in [0.15, 0.2) is 30.7 Å². The lowest BCUT2D eigenvalue weighted by Gasteiger charge is -2.20. The zero-order valence-electron chi connectivity index (χ0n) is 25.1. The topological polar surface area (TPSA) is 106 Å². The van der Waals surface area contributed by atoms with E-state index in [0.29, 0.717) is 35.4 Å². The Bertz CT molecular complexity index is 1400. The Kier molecular flexibility index (Phi) is 10.6. The standard InChI is InChI=1S/C21H24F3N7O2.C6H10F2.C3H6/c1-13(2)31-16(3-6-27-31)19(33)26-11-15-12-30-17(29-15)7-14(10-28-30)9-25-18(32)8-20(4-5-20)21(22,23)24;7-6(8)4-2-1-3-5-6;1-2-3-1/h3,6-7,10,12-13H,4-5,8-9,11H2,1-2H3,(H,25,32)(H,26,33);1-5H2;1-3H2. The molecule has 3 aliphatic rings. The van der Waals surface area contributed by atoms with Crippen LogP contribution < -0.4 is 10.6 Å². The Labute approximate surface area is 253 Å². The van der Waals surface area contributed by atoms with Crippen molar-refractivity contribution in [3.63, 3.8) is 0 Å². The lowest BCUT2D eigenvalue weighted by atomic mass is 9.97. The molecule has 0 saturated heterocycles. The highest BCUT2D eigenvalue weighted by Gasteiger charge is 2.63. The summed E-state index contributed by atoms with van der Waals surface area (Å²) < 4.78 is 66.6. The van der Waals surface area contributed by atoms with Crippen LogP contribution in [0.4, 0.5) is 22.0 Å². The number of aromatic nitrogens is 5. The number of nitrogens with one attached hydrogen (secondary N) is 2. The fraction of sp³-hybridized carbons (Fsp3) is 0.633. The number of halogens is 5. The molecule has 3 fully saturated rings. The molecule has 0 aliphatic heterocycles. The van der Waals surface area contributed by atoms with Crippen molar-refractivity contribution < 1.29 is 31.5 Å². The van der Waals surface area contributed by atoms with Gasteiger partial charge in [-0.25, -0.2) is 18.3 Å². The van der Waals surface area contributed by atoms with Gasteiger partial charge in [-0.1, -0.05) is 25.7 Å². The van der Waals surface area contributed by atoms with Gasteiger partial charge in [0.1, 0.15) is 5.69 Å². The number of hydrogen-bond donors (Lipinski definition) is 2. The number of carbonyl (C=O) groups is 2. The van der Waals surface area contributed by atoms with E-state index in [-0.39, 0.29) is 50.7 Å². The van der Waals surface area contributed by atoms with Crippen LogP contribution in [0.25, 0.3) is 5.65 Å². The maximum Gasteiger partial charge on any atom is 0.395 e. The van der Waals surface area contributed by atoms with E-state index in [2.05, 4.69) is 25.8 Å². The minimum atomic E-state index is -4.36. The summed E-state index contributed by atoms with van der Waals surface area (Å²) in [4.78, 5) is 28.9. The van der Waals surface area contributed by atoms with Crippen LogP contribution in [-0.2, 0) is 17.9 Å². The van der Waals surface area contributed by atoms with Gasteiger partial charge in [0.15, 0.2) is 5.65 Å². The molecule has 3 aromatic rings. The highest BCUT2D eigenvalue weighted by Crippen LogP contribution is 2.59. The predicted octanol–water partition coefficient (Wildman–Crippen LogP) is 6.54. The molecule has 3 heterocycles. The van der Waals surface area contributed by atoms with Crippen molar-refractivity contribution in [3.8, 4) is 0 Å². The van der Waals surface area contributed by atoms with Gasteiger partial charge in [0.05, 0.1) is 30.0 Å². The fourth-order valence-corrected chi connectivity index (χ4v) is 4.66. The second-order valence-electron chi connectivity index (χ2n) is 12.0. The molecule has 3 aromatic heterocycles. The average molecular weight is 626 g/mol. The minimum Gasteiger partial charge on any atom is -0.352 e. The normalized spacial score (nSPS) is 18.0. The van der Waals surface area contributed by atoms with Gasteiger partial charge < -0.3 is 10.6 Å². The predicted molar refractivity (Wildman–Crippen MR) is 153 cm³/mol. The third kappa shape index (κ3) is 9.46. The Morgan fingerprint density at radius 1 is 0.955 bits per heavy atom. The molecule has 242 valence electrons. The van der Waals surface area contributed by atoms with Gasteiger partial charge in [-0.3, -0.25) is 14.3 Å². The molecule has 9 nitrogen and oxygen atoms in total. The number of carbonyl (C=O) groups excluding carboxylic acids is 2. The molecule has 0 bridgehead atoms. The van der Waals surface area contributed by atoms with Crippen LogP contribution in [0.3, 0.4) is 0 Å². The molecule has 3 saturated carbocycles. The SMILES string of the molecule is C1CC1.CC(C)n1nccc1C(=O)NCc1cn2ncc(CNC(=O)CC3(C(F)(F)F)CC3)cc2n1.FC1(F)CCCCC1. The summed E-state index contributed by atoms with van der Waals surface area (Å²) in [7, 11) is 0. The number of rotatable bonds is 8. The molecule has 0 unspecified atom stereocenters. The Hall–Kier alpha value is -3.58. The molecule has 0 atom stereocenters. The molecule has 2 amide bonds. The van der Waals surface area contributed by atoms with Crippen molar-refractivity contribution in [2.24, 2.45) is 5.41 Å². The van der Waals surface area contributed by atoms with Crippen molar-refractivity contribution in [3.05, 3.63) is 47.7 Å². The van der Waals surface area contributed by atoms with E-state index in [1.165, 1.54) is 30.0 Å². The van der Waals surface area contributed by atoms with E-state index in [1.807, 2.05) is 13.8 Å². The Morgan fingerprint density at radius 2 is 1.61 bits per heavy atom. The number of amides is 2. The first kappa shape index (κ1) is 33.3. The maximum absolute atomic E-state index is 13.0. The fourth-order valence-electron chi connectivity index (χ4n) is 4.66. The molecular weight excluding hydrogens is 585 g/mol. The van der Waals surface area contributed by atoms with Gasteiger partial charge in [0.2, 0.25) is 11.8 Å². The van der Waals surface area contributed by atoms with E-state index in [1.54, 1.807) is 29.2 Å². The lowest BCUT2D eigenvalue weighted by molar-refractivity contribution is -0.190. The quantitative estimate of drug-likeness (QED) is 0.277. The molecule has 6 rings (SSSR count). The van der Waals surface area contributed by atoms with E-state index in [0.717, 1.165) is 6.42 Å². The van der Waals surface area contributed by atoms with Crippen LogP contribution in [0.2, 0.25) is 0 Å². The number of imidazole rings is 1. The Balaban J connectivity index is 0.000000335. The highest BCUT2D eigenvalue weighted by molar-refractivity contribution is 5.92. The van der Waals surface area contributed by atoms with Gasteiger partial charge in [-0.15, -0.1) is 0 Å². The summed E-state index contributed by atoms with van der Waals surface area (Å²) in [5, 5.41) is 13.7. The highest BCUT2D eigenvalue weighted by atomic mass is 19.4. The average Bonchev–Trinajstić information content (AvgIpc) is 3.89. The first-order valence-electron chi connectivity index (χ1n) is 15.1. The number of nitrogens with zero attached hydrogens (tertiary/aromatic N) is 5. The van der Waals surface area contributed by atoms with Gasteiger partial charge >= 0.3 is 6.18 Å². The van der Waals surface area contributed by atoms with Gasteiger partial charge in [0, 0.05) is 38.0 Å². The number of fused-ring (bicyclic) bond motifs is 1. The largest absolute Gasteiger partial charge is 0.395 e. The zero-order chi connectivity index (χ0) is 32.0. The van der Waals surface area contributed by atoms with Crippen LogP contribution >= 0.6 is 0 Å². The molecule has 0 radical (unpaired) electrons. The van der Waals surface area contributed by atoms with Gasteiger partial charge in [0.25, 0.3) is 5.91 Å². The monoisotopic (exact) mass is 625 g/mol. The van der Waals surface area contributed by atoms with Crippen molar-refractivity contribution in [2.75, 3.05) is 0 Å².